The lowest BCUT2D eigenvalue weighted by molar-refractivity contribution is 0.262. The number of hydrogen-bond donors (Lipinski definition) is 3. The quantitative estimate of drug-likeness (QED) is 0.489. The molecule has 11 heteroatoms. The first-order valence-corrected chi connectivity index (χ1v) is 12.8. The van der Waals surface area contributed by atoms with Crippen molar-refractivity contribution in [2.75, 3.05) is 28.6 Å². The van der Waals surface area contributed by atoms with E-state index in [2.05, 4.69) is 36.6 Å². The largest absolute Gasteiger partial charge is 0.370 e. The topological polar surface area (TPSA) is 120 Å². The van der Waals surface area contributed by atoms with Gasteiger partial charge in [0.25, 0.3) is 0 Å². The van der Waals surface area contributed by atoms with Crippen LogP contribution in [-0.4, -0.2) is 42.5 Å². The van der Waals surface area contributed by atoms with E-state index in [1.807, 2.05) is 19.1 Å². The van der Waals surface area contributed by atoms with Gasteiger partial charge in [-0.3, -0.25) is 5.32 Å². The van der Waals surface area contributed by atoms with Crippen LogP contribution in [0.3, 0.4) is 0 Å². The van der Waals surface area contributed by atoms with Gasteiger partial charge in [-0.25, -0.2) is 23.2 Å². The second-order valence-electron chi connectivity index (χ2n) is 7.80. The fourth-order valence-corrected chi connectivity index (χ4v) is 6.06. The van der Waals surface area contributed by atoms with Crippen molar-refractivity contribution in [1.82, 2.24) is 15.0 Å². The van der Waals surface area contributed by atoms with Crippen molar-refractivity contribution in [1.29, 1.82) is 0 Å². The number of carbonyl (C=O) groups is 1. The summed E-state index contributed by atoms with van der Waals surface area (Å²) in [4.78, 5) is 26.1. The molecule has 2 amide bonds. The van der Waals surface area contributed by atoms with E-state index in [-0.39, 0.29) is 5.16 Å². The molecule has 170 valence electrons. The van der Waals surface area contributed by atoms with E-state index in [0.29, 0.717) is 10.0 Å². The highest BCUT2D eigenvalue weighted by atomic mass is 32.2. The predicted octanol–water partition coefficient (Wildman–Crippen LogP) is 4.34. The van der Waals surface area contributed by atoms with E-state index in [4.69, 9.17) is 0 Å². The van der Waals surface area contributed by atoms with Crippen LogP contribution in [0.4, 0.5) is 21.3 Å². The summed E-state index contributed by atoms with van der Waals surface area (Å²) >= 11 is 1.12. The van der Waals surface area contributed by atoms with Crippen LogP contribution < -0.4 is 15.5 Å². The van der Waals surface area contributed by atoms with E-state index < -0.39 is 21.1 Å². The number of piperidine rings is 1. The Balaban J connectivity index is 1.45. The first-order chi connectivity index (χ1) is 15.3. The third-order valence-corrected chi connectivity index (χ3v) is 8.64. The normalized spacial score (nSPS) is 15.4. The summed E-state index contributed by atoms with van der Waals surface area (Å²) in [5.74, 6) is 0. The number of anilines is 3. The molecule has 3 N–H and O–H groups in total. The van der Waals surface area contributed by atoms with Crippen molar-refractivity contribution < 1.29 is 13.2 Å². The molecule has 1 saturated heterocycles. The Morgan fingerprint density at radius 3 is 2.69 bits per heavy atom. The summed E-state index contributed by atoms with van der Waals surface area (Å²) in [7, 11) is -3.66. The highest BCUT2D eigenvalue weighted by Crippen LogP contribution is 2.33. The van der Waals surface area contributed by atoms with E-state index in [0.717, 1.165) is 54.2 Å². The van der Waals surface area contributed by atoms with Gasteiger partial charge in [-0.15, -0.1) is 11.3 Å². The number of benzene rings is 1. The molecule has 1 aliphatic heterocycles. The van der Waals surface area contributed by atoms with Gasteiger partial charge in [0.15, 0.2) is 5.13 Å². The summed E-state index contributed by atoms with van der Waals surface area (Å²) in [5, 5.41) is 5.03. The number of hydrogen-bond acceptors (Lipinski definition) is 7. The Kier molecular flexibility index (Phi) is 6.47. The molecular weight excluding hydrogens is 448 g/mol. The van der Waals surface area contributed by atoms with Crippen molar-refractivity contribution >= 4 is 43.7 Å². The number of rotatable bonds is 6. The van der Waals surface area contributed by atoms with E-state index in [1.54, 1.807) is 6.92 Å². The van der Waals surface area contributed by atoms with Gasteiger partial charge in [0.2, 0.25) is 15.0 Å². The molecule has 0 aliphatic carbocycles. The number of nitrogens with one attached hydrogen (secondary N) is 3. The molecule has 3 aromatic rings. The van der Waals surface area contributed by atoms with Gasteiger partial charge in [-0.05, 0) is 50.8 Å². The van der Waals surface area contributed by atoms with Crippen molar-refractivity contribution in [3.63, 3.8) is 0 Å². The Labute approximate surface area is 191 Å². The maximum Gasteiger partial charge on any atom is 0.325 e. The fourth-order valence-electron chi connectivity index (χ4n) is 3.65. The Bertz CT molecular complexity index is 1180. The van der Waals surface area contributed by atoms with Gasteiger partial charge in [0.05, 0.1) is 11.4 Å². The number of aromatic nitrogens is 3. The third kappa shape index (κ3) is 4.78. The van der Waals surface area contributed by atoms with Crippen LogP contribution in [0, 0.1) is 6.92 Å². The maximum absolute atomic E-state index is 12.7. The molecule has 0 saturated carbocycles. The average Bonchev–Trinajstić information content (AvgIpc) is 3.48. The van der Waals surface area contributed by atoms with E-state index in [1.165, 1.54) is 25.0 Å². The standard InChI is InChI=1S/C21H26N6O3S2/c1-14-6-7-16(17(12-14)27-10-4-3-5-11-27)25-19(28)26-20-24-13-18(31-20)15(2)32(29,30)21-22-8-9-23-21/h6-9,12-13,15H,3-5,10-11H2,1-2H3,(H,22,23)(H2,24,25,26,28). The van der Waals surface area contributed by atoms with Crippen LogP contribution in [0.2, 0.25) is 0 Å². The smallest absolute Gasteiger partial charge is 0.325 e. The van der Waals surface area contributed by atoms with Crippen LogP contribution in [-0.2, 0) is 9.84 Å². The molecule has 1 unspecified atom stereocenters. The predicted molar refractivity (Wildman–Crippen MR) is 126 cm³/mol. The second-order valence-corrected chi connectivity index (χ2v) is 11.0. The monoisotopic (exact) mass is 474 g/mol. The highest BCUT2D eigenvalue weighted by molar-refractivity contribution is 7.91. The molecule has 1 aliphatic rings. The molecule has 9 nitrogen and oxygen atoms in total. The van der Waals surface area contributed by atoms with Crippen LogP contribution >= 0.6 is 11.3 Å². The van der Waals surface area contributed by atoms with E-state index in [9.17, 15) is 13.2 Å². The first kappa shape index (κ1) is 22.3. The van der Waals surface area contributed by atoms with Gasteiger partial charge in [0, 0.05) is 36.6 Å². The lowest BCUT2D eigenvalue weighted by Crippen LogP contribution is -2.31. The Hall–Kier alpha value is -2.92. The molecule has 1 fully saturated rings. The lowest BCUT2D eigenvalue weighted by Gasteiger charge is -2.30. The van der Waals surface area contributed by atoms with Gasteiger partial charge in [0.1, 0.15) is 5.25 Å². The molecule has 0 spiro atoms. The van der Waals surface area contributed by atoms with Gasteiger partial charge in [-0.2, -0.15) is 0 Å². The Morgan fingerprint density at radius 1 is 1.19 bits per heavy atom. The molecule has 0 bridgehead atoms. The number of nitrogens with zero attached hydrogens (tertiary/aromatic N) is 3. The number of imidazole rings is 1. The summed E-state index contributed by atoms with van der Waals surface area (Å²) in [6.45, 7) is 5.55. The van der Waals surface area contributed by atoms with Crippen molar-refractivity contribution in [2.45, 2.75) is 43.5 Å². The van der Waals surface area contributed by atoms with E-state index >= 15 is 0 Å². The van der Waals surface area contributed by atoms with Gasteiger partial charge in [-0.1, -0.05) is 6.07 Å². The van der Waals surface area contributed by atoms with Gasteiger partial charge >= 0.3 is 6.03 Å². The SMILES string of the molecule is Cc1ccc(NC(=O)Nc2ncc(C(C)S(=O)(=O)c3ncc[nH]3)s2)c(N2CCCCC2)c1. The number of H-pyrrole nitrogens is 1. The number of aromatic amines is 1. The zero-order valence-electron chi connectivity index (χ0n) is 18.0. The molecule has 32 heavy (non-hydrogen) atoms. The van der Waals surface area contributed by atoms with Crippen LogP contribution in [0.5, 0.6) is 0 Å². The number of urea groups is 1. The summed E-state index contributed by atoms with van der Waals surface area (Å²) < 4.78 is 25.3. The van der Waals surface area contributed by atoms with Crippen LogP contribution in [0.15, 0.2) is 41.9 Å². The molecule has 1 aromatic carbocycles. The summed E-state index contributed by atoms with van der Waals surface area (Å²) in [6, 6.07) is 5.54. The number of amides is 2. The number of carbonyl (C=O) groups excluding carboxylic acids is 1. The number of sulfone groups is 1. The molecule has 1 atom stereocenters. The molecule has 3 heterocycles. The van der Waals surface area contributed by atoms with Gasteiger partial charge < -0.3 is 15.2 Å². The Morgan fingerprint density at radius 2 is 1.97 bits per heavy atom. The first-order valence-electron chi connectivity index (χ1n) is 10.5. The second kappa shape index (κ2) is 9.29. The lowest BCUT2D eigenvalue weighted by atomic mass is 10.1. The zero-order chi connectivity index (χ0) is 22.7. The minimum absolute atomic E-state index is 0.0877. The van der Waals surface area contributed by atoms with Crippen molar-refractivity contribution in [3.8, 4) is 0 Å². The van der Waals surface area contributed by atoms with Crippen molar-refractivity contribution in [3.05, 3.63) is 47.2 Å². The molecular formula is C21H26N6O3S2. The molecule has 0 radical (unpaired) electrons. The maximum atomic E-state index is 12.7. The number of thiazole rings is 1. The summed E-state index contributed by atoms with van der Waals surface area (Å²) in [6.07, 6.45) is 7.84. The van der Waals surface area contributed by atoms with Crippen molar-refractivity contribution in [2.24, 2.45) is 0 Å². The highest BCUT2D eigenvalue weighted by Gasteiger charge is 2.29. The number of aryl methyl sites for hydroxylation is 1. The molecule has 2 aromatic heterocycles. The fraction of sp³-hybridized carbons (Fsp3) is 0.381. The third-order valence-electron chi connectivity index (χ3n) is 5.45. The summed E-state index contributed by atoms with van der Waals surface area (Å²) in [5.41, 5.74) is 2.88. The zero-order valence-corrected chi connectivity index (χ0v) is 19.6. The van der Waals surface area contributed by atoms with Crippen LogP contribution in [0.1, 0.15) is 41.9 Å². The minimum atomic E-state index is -3.66. The average molecular weight is 475 g/mol. The minimum Gasteiger partial charge on any atom is -0.370 e. The van der Waals surface area contributed by atoms with Crippen LogP contribution in [0.25, 0.3) is 0 Å². The molecule has 4 rings (SSSR count).